The third-order valence-electron chi connectivity index (χ3n) is 6.51. The van der Waals surface area contributed by atoms with E-state index in [1.165, 1.54) is 6.07 Å². The maximum absolute atomic E-state index is 13.3. The van der Waals surface area contributed by atoms with E-state index in [-0.39, 0.29) is 47.5 Å². The molecule has 160 valence electrons. The minimum atomic E-state index is -1.81. The van der Waals surface area contributed by atoms with Crippen LogP contribution in [0.3, 0.4) is 0 Å². The van der Waals surface area contributed by atoms with Gasteiger partial charge in [-0.05, 0) is 10.8 Å². The summed E-state index contributed by atoms with van der Waals surface area (Å²) >= 11 is 0. The molecule has 30 heavy (non-hydrogen) atoms. The molecular weight excluding hydrogens is 386 g/mol. The zero-order valence-electron chi connectivity index (χ0n) is 17.7. The fraction of sp³-hybridized carbons (Fsp3) is 0.565. The number of allylic oxidation sites excluding steroid dienone is 2. The summed E-state index contributed by atoms with van der Waals surface area (Å²) in [5, 5.41) is 23.4. The van der Waals surface area contributed by atoms with E-state index >= 15 is 0 Å². The molecule has 1 fully saturated rings. The van der Waals surface area contributed by atoms with E-state index in [2.05, 4.69) is 0 Å². The number of ether oxygens (including phenoxy) is 1. The maximum Gasteiger partial charge on any atom is 0.273 e. The number of carbonyl (C=O) groups is 2. The van der Waals surface area contributed by atoms with Crippen LogP contribution in [0.1, 0.15) is 64.9 Å². The molecule has 0 radical (unpaired) electrons. The third kappa shape index (κ3) is 3.25. The summed E-state index contributed by atoms with van der Waals surface area (Å²) < 4.78 is 6.07. The van der Waals surface area contributed by atoms with Crippen LogP contribution in [-0.4, -0.2) is 27.4 Å². The van der Waals surface area contributed by atoms with Gasteiger partial charge >= 0.3 is 0 Å². The first kappa shape index (κ1) is 20.7. The molecule has 0 saturated heterocycles. The quantitative estimate of drug-likeness (QED) is 0.579. The van der Waals surface area contributed by atoms with Crippen molar-refractivity contribution < 1.29 is 24.4 Å². The second kappa shape index (κ2) is 6.48. The molecule has 7 heteroatoms. The lowest BCUT2D eigenvalue weighted by atomic mass is 9.59. The highest BCUT2D eigenvalue weighted by atomic mass is 16.6. The number of aliphatic hydroxyl groups is 1. The minimum Gasteiger partial charge on any atom is -0.466 e. The zero-order valence-corrected chi connectivity index (χ0v) is 17.7. The topological polar surface area (TPSA) is 107 Å². The lowest BCUT2D eigenvalue weighted by molar-refractivity contribution is -0.385. The fourth-order valence-electron chi connectivity index (χ4n) is 5.58. The van der Waals surface area contributed by atoms with Crippen LogP contribution >= 0.6 is 0 Å². The molecule has 0 unspecified atom stereocenters. The van der Waals surface area contributed by atoms with Gasteiger partial charge in [0, 0.05) is 48.8 Å². The number of hydrogen-bond acceptors (Lipinski definition) is 6. The smallest absolute Gasteiger partial charge is 0.273 e. The highest BCUT2D eigenvalue weighted by Gasteiger charge is 2.61. The summed E-state index contributed by atoms with van der Waals surface area (Å²) in [7, 11) is 0. The molecule has 2 aliphatic carbocycles. The predicted molar refractivity (Wildman–Crippen MR) is 108 cm³/mol. The lowest BCUT2D eigenvalue weighted by Crippen LogP contribution is -2.58. The van der Waals surface area contributed by atoms with Crippen molar-refractivity contribution in [1.82, 2.24) is 0 Å². The number of ketones is 2. The number of Topliss-reactive ketones (excluding diaryl/α,β-unsaturated/α-hetero) is 2. The number of nitro groups is 1. The van der Waals surface area contributed by atoms with Crippen LogP contribution in [0, 0.1) is 26.9 Å². The number of carbonyl (C=O) groups excluding carboxylic acids is 2. The molecule has 0 amide bonds. The molecule has 4 rings (SSSR count). The molecule has 3 atom stereocenters. The van der Waals surface area contributed by atoms with E-state index in [1.807, 2.05) is 27.7 Å². The number of rotatable bonds is 2. The van der Waals surface area contributed by atoms with Crippen LogP contribution < -0.4 is 0 Å². The molecule has 1 aromatic rings. The number of nitro benzene ring substituents is 1. The van der Waals surface area contributed by atoms with Crippen molar-refractivity contribution in [3.8, 4) is 0 Å². The van der Waals surface area contributed by atoms with Crippen LogP contribution in [0.25, 0.3) is 0 Å². The third-order valence-corrected chi connectivity index (χ3v) is 6.51. The average Bonchev–Trinajstić information content (AvgIpc) is 2.56. The molecule has 1 N–H and O–H groups in total. The van der Waals surface area contributed by atoms with Crippen molar-refractivity contribution in [2.75, 3.05) is 0 Å². The Morgan fingerprint density at radius 1 is 1.07 bits per heavy atom. The maximum atomic E-state index is 13.3. The number of benzene rings is 1. The zero-order chi connectivity index (χ0) is 22.1. The van der Waals surface area contributed by atoms with Gasteiger partial charge in [-0.15, -0.1) is 0 Å². The molecule has 3 aliphatic rings. The van der Waals surface area contributed by atoms with E-state index in [0.717, 1.165) is 0 Å². The van der Waals surface area contributed by atoms with E-state index in [9.17, 15) is 24.8 Å². The van der Waals surface area contributed by atoms with E-state index in [0.29, 0.717) is 17.8 Å². The number of hydrogen-bond donors (Lipinski definition) is 1. The van der Waals surface area contributed by atoms with Crippen LogP contribution in [0.15, 0.2) is 35.6 Å². The summed E-state index contributed by atoms with van der Waals surface area (Å²) in [6.45, 7) is 7.68. The van der Waals surface area contributed by atoms with Gasteiger partial charge in [-0.3, -0.25) is 19.7 Å². The van der Waals surface area contributed by atoms with Gasteiger partial charge in [0.25, 0.3) is 5.69 Å². The monoisotopic (exact) mass is 413 g/mol. The first-order valence-electron chi connectivity index (χ1n) is 10.3. The highest BCUT2D eigenvalue weighted by Crippen LogP contribution is 2.58. The van der Waals surface area contributed by atoms with Crippen molar-refractivity contribution in [2.24, 2.45) is 16.7 Å². The Morgan fingerprint density at radius 2 is 1.73 bits per heavy atom. The van der Waals surface area contributed by atoms with Gasteiger partial charge in [-0.1, -0.05) is 45.9 Å². The van der Waals surface area contributed by atoms with Crippen molar-refractivity contribution in [2.45, 2.75) is 65.1 Å². The second-order valence-electron chi connectivity index (χ2n) is 10.5. The summed E-state index contributed by atoms with van der Waals surface area (Å²) in [5.74, 6) is -3.81. The Bertz CT molecular complexity index is 991. The Kier molecular flexibility index (Phi) is 4.47. The molecule has 0 bridgehead atoms. The highest BCUT2D eigenvalue weighted by molar-refractivity contribution is 6.01. The van der Waals surface area contributed by atoms with Crippen LogP contribution in [0.4, 0.5) is 5.69 Å². The first-order valence-corrected chi connectivity index (χ1v) is 10.3. The molecule has 7 nitrogen and oxygen atoms in total. The molecule has 1 saturated carbocycles. The average molecular weight is 413 g/mol. The minimum absolute atomic E-state index is 0.158. The predicted octanol–water partition coefficient (Wildman–Crippen LogP) is 4.05. The Hall–Kier alpha value is -2.54. The largest absolute Gasteiger partial charge is 0.466 e. The first-order chi connectivity index (χ1) is 13.8. The van der Waals surface area contributed by atoms with Crippen molar-refractivity contribution in [3.63, 3.8) is 0 Å². The molecule has 1 aromatic carbocycles. The van der Waals surface area contributed by atoms with Crippen LogP contribution in [0.2, 0.25) is 0 Å². The van der Waals surface area contributed by atoms with Gasteiger partial charge in [-0.2, -0.15) is 0 Å². The molecule has 0 spiro atoms. The molecular formula is C23H27NO6. The fourth-order valence-corrected chi connectivity index (χ4v) is 5.58. The van der Waals surface area contributed by atoms with Gasteiger partial charge in [0.2, 0.25) is 5.79 Å². The van der Waals surface area contributed by atoms with Crippen LogP contribution in [0.5, 0.6) is 0 Å². The van der Waals surface area contributed by atoms with Crippen molar-refractivity contribution >= 4 is 17.3 Å². The summed E-state index contributed by atoms with van der Waals surface area (Å²) in [6, 6.07) is 6.17. The Labute approximate surface area is 175 Å². The van der Waals surface area contributed by atoms with Gasteiger partial charge in [0.05, 0.1) is 10.8 Å². The van der Waals surface area contributed by atoms with Crippen LogP contribution in [-0.2, 0) is 14.3 Å². The molecule has 0 aromatic heterocycles. The van der Waals surface area contributed by atoms with Gasteiger partial charge < -0.3 is 9.84 Å². The molecule has 1 aliphatic heterocycles. The summed E-state index contributed by atoms with van der Waals surface area (Å²) in [5.41, 5.74) is -0.412. The van der Waals surface area contributed by atoms with E-state index < -0.39 is 28.0 Å². The SMILES string of the molecule is CC1(C)CC(=O)C2=C(C1)O[C@@]1(O)CC(C)(C)CC(=O)[C@H]1[C@@H]2c1ccccc1[N+](=O)[O-]. The number of nitrogens with zero attached hydrogens (tertiary/aromatic N) is 1. The second-order valence-corrected chi connectivity index (χ2v) is 10.5. The van der Waals surface area contributed by atoms with Crippen molar-refractivity contribution in [1.29, 1.82) is 0 Å². The number of fused-ring (bicyclic) bond motifs is 1. The van der Waals surface area contributed by atoms with E-state index in [4.69, 9.17) is 4.74 Å². The van der Waals surface area contributed by atoms with Gasteiger partial charge in [-0.25, -0.2) is 0 Å². The molecule has 1 heterocycles. The Balaban J connectivity index is 1.98. The standard InChI is InChI=1S/C23H27NO6/c1-21(2)9-15(25)19-17(11-21)30-23(27)12-22(3,4)10-16(26)20(23)18(19)13-7-5-6-8-14(13)24(28)29/h5-8,18,20,27H,9-12H2,1-4H3/t18-,20+,23+/m1/s1. The number of para-hydroxylation sites is 1. The normalized spacial score (nSPS) is 32.2. The van der Waals surface area contributed by atoms with Gasteiger partial charge in [0.15, 0.2) is 5.78 Å². The van der Waals surface area contributed by atoms with Gasteiger partial charge in [0.1, 0.15) is 11.5 Å². The van der Waals surface area contributed by atoms with E-state index in [1.54, 1.807) is 18.2 Å². The lowest BCUT2D eigenvalue weighted by Gasteiger charge is -2.53. The van der Waals surface area contributed by atoms with Crippen molar-refractivity contribution in [3.05, 3.63) is 51.3 Å². The summed E-state index contributed by atoms with van der Waals surface area (Å²) in [6.07, 6.45) is 1.10. The Morgan fingerprint density at radius 3 is 2.40 bits per heavy atom. The summed E-state index contributed by atoms with van der Waals surface area (Å²) in [4.78, 5) is 37.8.